The van der Waals surface area contributed by atoms with E-state index in [1.807, 2.05) is 0 Å². The lowest BCUT2D eigenvalue weighted by molar-refractivity contribution is -0.137. The van der Waals surface area contributed by atoms with E-state index in [4.69, 9.17) is 11.6 Å². The highest BCUT2D eigenvalue weighted by Crippen LogP contribution is 2.31. The van der Waals surface area contributed by atoms with Crippen molar-refractivity contribution >= 4 is 27.5 Å². The molecule has 29 heavy (non-hydrogen) atoms. The molecule has 0 atom stereocenters. The van der Waals surface area contributed by atoms with Gasteiger partial charge in [-0.15, -0.1) is 0 Å². The van der Waals surface area contributed by atoms with Crippen LogP contribution >= 0.6 is 11.6 Å². The molecule has 0 bridgehead atoms. The van der Waals surface area contributed by atoms with Crippen molar-refractivity contribution in [2.75, 3.05) is 0 Å². The maximum atomic E-state index is 13.6. The van der Waals surface area contributed by atoms with Gasteiger partial charge in [0.2, 0.25) is 0 Å². The Morgan fingerprint density at radius 1 is 1.14 bits per heavy atom. The smallest absolute Gasteiger partial charge is 0.305 e. The van der Waals surface area contributed by atoms with Crippen LogP contribution in [-0.2, 0) is 16.2 Å². The summed E-state index contributed by atoms with van der Waals surface area (Å²) in [6, 6.07) is 7.19. The number of nitrogens with zero attached hydrogens (tertiary/aromatic N) is 2. The van der Waals surface area contributed by atoms with Crippen molar-refractivity contribution in [3.05, 3.63) is 77.1 Å². The first-order valence-corrected chi connectivity index (χ1v) is 9.57. The molecule has 0 radical (unpaired) electrons. The Morgan fingerprint density at radius 3 is 2.48 bits per heavy atom. The van der Waals surface area contributed by atoms with Gasteiger partial charge >= 0.3 is 6.18 Å². The molecular formula is C17H10ClF4N3O3S. The molecule has 0 saturated heterocycles. The van der Waals surface area contributed by atoms with Crippen LogP contribution in [0.15, 0.2) is 59.9 Å². The zero-order valence-corrected chi connectivity index (χ0v) is 15.7. The van der Waals surface area contributed by atoms with Crippen molar-refractivity contribution in [3.63, 3.8) is 0 Å². The number of nitrogens with one attached hydrogen (secondary N) is 1. The van der Waals surface area contributed by atoms with Gasteiger partial charge in [0.1, 0.15) is 22.7 Å². The van der Waals surface area contributed by atoms with Crippen LogP contribution in [0.1, 0.15) is 16.1 Å². The van der Waals surface area contributed by atoms with Crippen LogP contribution in [0.4, 0.5) is 17.6 Å². The molecule has 0 spiro atoms. The minimum atomic E-state index is -4.78. The molecule has 152 valence electrons. The van der Waals surface area contributed by atoms with Gasteiger partial charge in [0, 0.05) is 11.9 Å². The van der Waals surface area contributed by atoms with Crippen LogP contribution in [0.2, 0.25) is 5.02 Å². The van der Waals surface area contributed by atoms with E-state index in [0.29, 0.717) is 12.1 Å². The molecule has 3 aromatic rings. The molecule has 0 aliphatic heterocycles. The molecule has 0 unspecified atom stereocenters. The number of aromatic nitrogens is 2. The Bertz CT molecular complexity index is 1190. The van der Waals surface area contributed by atoms with E-state index in [2.05, 4.69) is 4.98 Å². The lowest BCUT2D eigenvalue weighted by Crippen LogP contribution is -2.31. The second-order valence-corrected chi connectivity index (χ2v) is 7.79. The van der Waals surface area contributed by atoms with Crippen LogP contribution in [0.3, 0.4) is 0 Å². The van der Waals surface area contributed by atoms with Gasteiger partial charge in [-0.05, 0) is 30.3 Å². The Kier molecular flexibility index (Phi) is 5.37. The lowest BCUT2D eigenvalue weighted by Gasteiger charge is -2.09. The number of carbonyl (C=O) groups excluding carboxylic acids is 1. The van der Waals surface area contributed by atoms with E-state index in [1.165, 1.54) is 24.3 Å². The number of carbonyl (C=O) groups is 1. The zero-order chi connectivity index (χ0) is 21.4. The molecule has 0 aliphatic carbocycles. The van der Waals surface area contributed by atoms with Crippen LogP contribution in [0.5, 0.6) is 0 Å². The molecule has 2 aromatic carbocycles. The lowest BCUT2D eigenvalue weighted by atomic mass is 10.2. The maximum absolute atomic E-state index is 13.6. The summed E-state index contributed by atoms with van der Waals surface area (Å²) >= 11 is 5.81. The fourth-order valence-electron chi connectivity index (χ4n) is 2.36. The summed E-state index contributed by atoms with van der Waals surface area (Å²) in [5, 5.41) is -0.113. The van der Waals surface area contributed by atoms with Crippen molar-refractivity contribution in [2.24, 2.45) is 0 Å². The average molecular weight is 448 g/mol. The molecule has 1 amide bonds. The molecule has 1 N–H and O–H groups in total. The summed E-state index contributed by atoms with van der Waals surface area (Å²) in [6.45, 7) is 0. The quantitative estimate of drug-likeness (QED) is 0.617. The summed E-state index contributed by atoms with van der Waals surface area (Å²) in [5.41, 5.74) is -1.90. The van der Waals surface area contributed by atoms with Gasteiger partial charge in [0.15, 0.2) is 0 Å². The summed E-state index contributed by atoms with van der Waals surface area (Å²) in [6.07, 6.45) is -2.86. The third-order valence-electron chi connectivity index (χ3n) is 3.68. The third-order valence-corrected chi connectivity index (χ3v) is 5.51. The molecule has 1 aromatic heterocycles. The van der Waals surface area contributed by atoms with Crippen LogP contribution < -0.4 is 4.72 Å². The molecule has 1 heterocycles. The predicted octanol–water partition coefficient (Wildman–Crippen LogP) is 3.80. The number of hydrogen-bond donors (Lipinski definition) is 1. The van der Waals surface area contributed by atoms with Gasteiger partial charge in [-0.2, -0.15) is 13.2 Å². The second-order valence-electron chi connectivity index (χ2n) is 5.73. The molecule has 6 nitrogen and oxygen atoms in total. The van der Waals surface area contributed by atoms with E-state index in [1.54, 1.807) is 4.72 Å². The number of amides is 1. The molecular weight excluding hydrogens is 438 g/mol. The highest BCUT2D eigenvalue weighted by Gasteiger charge is 2.31. The highest BCUT2D eigenvalue weighted by atomic mass is 35.5. The minimum absolute atomic E-state index is 0.113. The van der Waals surface area contributed by atoms with Crippen molar-refractivity contribution < 1.29 is 30.8 Å². The number of imidazole rings is 1. The van der Waals surface area contributed by atoms with E-state index in [0.717, 1.165) is 23.2 Å². The van der Waals surface area contributed by atoms with Gasteiger partial charge in [-0.3, -0.25) is 4.79 Å². The largest absolute Gasteiger partial charge is 0.416 e. The number of hydrogen-bond acceptors (Lipinski definition) is 4. The molecule has 12 heteroatoms. The molecule has 0 aliphatic rings. The van der Waals surface area contributed by atoms with Gasteiger partial charge in [0.25, 0.3) is 15.9 Å². The van der Waals surface area contributed by atoms with Crippen molar-refractivity contribution in [1.82, 2.24) is 14.3 Å². The SMILES string of the molecule is O=C(NS(=O)(=O)c1ccccc1Cl)c1cn(-c2cc(F)cc(C(F)(F)F)c2)cn1. The third kappa shape index (κ3) is 4.57. The number of halogens is 5. The molecule has 0 fully saturated rings. The first-order valence-electron chi connectivity index (χ1n) is 7.71. The summed E-state index contributed by atoms with van der Waals surface area (Å²) < 4.78 is 79.4. The monoisotopic (exact) mass is 447 g/mol. The van der Waals surface area contributed by atoms with Gasteiger partial charge in [0.05, 0.1) is 10.6 Å². The number of sulfonamides is 1. The Hall–Kier alpha value is -2.92. The van der Waals surface area contributed by atoms with Gasteiger partial charge in [-0.1, -0.05) is 23.7 Å². The van der Waals surface area contributed by atoms with E-state index in [9.17, 15) is 30.8 Å². The average Bonchev–Trinajstić information content (AvgIpc) is 3.10. The highest BCUT2D eigenvalue weighted by molar-refractivity contribution is 7.90. The standard InChI is InChI=1S/C17H10ClF4N3O3S/c18-13-3-1-2-4-15(13)29(27,28)24-16(26)14-8-25(9-23-14)12-6-10(17(20,21)22)5-11(19)7-12/h1-9H,(H,24,26). The van der Waals surface area contributed by atoms with Crippen LogP contribution in [0, 0.1) is 5.82 Å². The normalized spacial score (nSPS) is 12.0. The second kappa shape index (κ2) is 7.48. The zero-order valence-electron chi connectivity index (χ0n) is 14.1. The van der Waals surface area contributed by atoms with Crippen molar-refractivity contribution in [2.45, 2.75) is 11.1 Å². The van der Waals surface area contributed by atoms with E-state index < -0.39 is 39.2 Å². The Balaban J connectivity index is 1.88. The van der Waals surface area contributed by atoms with Gasteiger partial charge < -0.3 is 4.57 Å². The van der Waals surface area contributed by atoms with Crippen LogP contribution in [0.25, 0.3) is 5.69 Å². The summed E-state index contributed by atoms with van der Waals surface area (Å²) in [7, 11) is -4.32. The first-order chi connectivity index (χ1) is 13.5. The van der Waals surface area contributed by atoms with Crippen molar-refractivity contribution in [1.29, 1.82) is 0 Å². The van der Waals surface area contributed by atoms with E-state index >= 15 is 0 Å². The van der Waals surface area contributed by atoms with Crippen LogP contribution in [-0.4, -0.2) is 23.9 Å². The molecule has 3 rings (SSSR count). The minimum Gasteiger partial charge on any atom is -0.305 e. The topological polar surface area (TPSA) is 81.1 Å². The Labute approximate surface area is 166 Å². The predicted molar refractivity (Wildman–Crippen MR) is 94.6 cm³/mol. The Morgan fingerprint density at radius 2 is 1.83 bits per heavy atom. The number of benzene rings is 2. The summed E-state index contributed by atoms with van der Waals surface area (Å²) in [5.74, 6) is -2.29. The van der Waals surface area contributed by atoms with E-state index in [-0.39, 0.29) is 15.6 Å². The van der Waals surface area contributed by atoms with Crippen molar-refractivity contribution in [3.8, 4) is 5.69 Å². The maximum Gasteiger partial charge on any atom is 0.416 e. The molecule has 0 saturated carbocycles. The number of rotatable bonds is 4. The fraction of sp³-hybridized carbons (Fsp3) is 0.0588. The summed E-state index contributed by atoms with van der Waals surface area (Å²) in [4.78, 5) is 15.5. The number of alkyl halides is 3. The van der Waals surface area contributed by atoms with Gasteiger partial charge in [-0.25, -0.2) is 22.5 Å². The fourth-order valence-corrected chi connectivity index (χ4v) is 3.84. The first kappa shape index (κ1) is 20.8.